The average Bonchev–Trinajstić information content (AvgIpc) is 3.15. The third kappa shape index (κ3) is 4.33. The first-order valence-corrected chi connectivity index (χ1v) is 12.6. The van der Waals surface area contributed by atoms with Crippen molar-refractivity contribution in [3.05, 3.63) is 97.1 Å². The largest absolute Gasteiger partial charge is 0.495 e. The van der Waals surface area contributed by atoms with E-state index in [-0.39, 0.29) is 0 Å². The van der Waals surface area contributed by atoms with Gasteiger partial charge in [0.1, 0.15) is 0 Å². The molecule has 6 rings (SSSR count). The number of hydrogen-bond acceptors (Lipinski definition) is 5. The molecule has 0 amide bonds. The molecule has 5 aromatic rings. The zero-order chi connectivity index (χ0) is 25.6. The third-order valence-electron chi connectivity index (χ3n) is 7.38. The number of hydrogen-bond donors (Lipinski definition) is 0. The molecule has 1 aliphatic rings. The minimum atomic E-state index is -0.526. The van der Waals surface area contributed by atoms with Crippen molar-refractivity contribution >= 4 is 23.4 Å². The molecule has 6 heteroatoms. The van der Waals surface area contributed by atoms with E-state index in [0.29, 0.717) is 17.5 Å². The summed E-state index contributed by atoms with van der Waals surface area (Å²) >= 11 is 0. The zero-order valence-electron chi connectivity index (χ0n) is 21.5. The molecule has 0 saturated carbocycles. The molecule has 0 bridgehead atoms. The number of nitrogens with zero attached hydrogens (tertiary/aromatic N) is 3. The van der Waals surface area contributed by atoms with Gasteiger partial charge in [-0.2, -0.15) is 0 Å². The lowest BCUT2D eigenvalue weighted by Gasteiger charge is -2.32. The van der Waals surface area contributed by atoms with Crippen LogP contribution in [0.3, 0.4) is 0 Å². The Morgan fingerprint density at radius 1 is 0.541 bits per heavy atom. The van der Waals surface area contributed by atoms with Crippen LogP contribution in [0.4, 0.5) is 0 Å². The van der Waals surface area contributed by atoms with Gasteiger partial charge in [0, 0.05) is 16.7 Å². The second-order valence-electron chi connectivity index (χ2n) is 10.4. The van der Waals surface area contributed by atoms with Gasteiger partial charge in [-0.25, -0.2) is 15.0 Å². The fourth-order valence-corrected chi connectivity index (χ4v) is 4.55. The summed E-state index contributed by atoms with van der Waals surface area (Å²) < 4.78 is 12.8. The van der Waals surface area contributed by atoms with Gasteiger partial charge in [0.05, 0.1) is 11.2 Å². The maximum atomic E-state index is 6.40. The summed E-state index contributed by atoms with van der Waals surface area (Å²) in [5, 5.41) is 2.32. The van der Waals surface area contributed by atoms with Crippen LogP contribution in [0.1, 0.15) is 27.7 Å². The highest BCUT2D eigenvalue weighted by Gasteiger charge is 2.52. The third-order valence-corrected chi connectivity index (χ3v) is 7.38. The van der Waals surface area contributed by atoms with E-state index >= 15 is 0 Å². The summed E-state index contributed by atoms with van der Waals surface area (Å²) in [5.41, 5.74) is 2.73. The van der Waals surface area contributed by atoms with Gasteiger partial charge in [-0.15, -0.1) is 0 Å². The van der Waals surface area contributed by atoms with Crippen LogP contribution in [-0.2, 0) is 9.31 Å². The predicted molar refractivity (Wildman–Crippen MR) is 149 cm³/mol. The Labute approximate surface area is 217 Å². The summed E-state index contributed by atoms with van der Waals surface area (Å²) in [6, 6.07) is 32.6. The molecule has 1 fully saturated rings. The van der Waals surface area contributed by atoms with Crippen LogP contribution < -0.4 is 5.46 Å². The lowest BCUT2D eigenvalue weighted by atomic mass is 9.75. The molecule has 2 heterocycles. The van der Waals surface area contributed by atoms with Crippen molar-refractivity contribution in [1.29, 1.82) is 0 Å². The van der Waals surface area contributed by atoms with Gasteiger partial charge < -0.3 is 9.31 Å². The van der Waals surface area contributed by atoms with E-state index in [1.165, 1.54) is 5.39 Å². The monoisotopic (exact) mass is 485 g/mol. The summed E-state index contributed by atoms with van der Waals surface area (Å²) in [6.45, 7) is 8.24. The Morgan fingerprint density at radius 2 is 1.11 bits per heavy atom. The first-order chi connectivity index (χ1) is 17.8. The average molecular weight is 485 g/mol. The molecule has 182 valence electrons. The Kier molecular flexibility index (Phi) is 5.66. The van der Waals surface area contributed by atoms with E-state index in [0.717, 1.165) is 27.5 Å². The number of fused-ring (bicyclic) bond motifs is 1. The summed E-state index contributed by atoms with van der Waals surface area (Å²) in [4.78, 5) is 14.8. The molecule has 37 heavy (non-hydrogen) atoms. The molecular weight excluding hydrogens is 457 g/mol. The molecule has 0 unspecified atom stereocenters. The van der Waals surface area contributed by atoms with Crippen LogP contribution in [0.25, 0.3) is 44.9 Å². The van der Waals surface area contributed by atoms with Crippen molar-refractivity contribution in [2.75, 3.05) is 0 Å². The fourth-order valence-electron chi connectivity index (χ4n) is 4.55. The molecule has 0 N–H and O–H groups in total. The maximum Gasteiger partial charge on any atom is 0.495 e. The summed E-state index contributed by atoms with van der Waals surface area (Å²) in [7, 11) is -0.526. The molecule has 0 atom stereocenters. The molecule has 4 aromatic carbocycles. The molecule has 0 aliphatic carbocycles. The smallest absolute Gasteiger partial charge is 0.399 e. The molecule has 1 aliphatic heterocycles. The van der Waals surface area contributed by atoms with Crippen molar-refractivity contribution < 1.29 is 9.31 Å². The minimum Gasteiger partial charge on any atom is -0.399 e. The van der Waals surface area contributed by atoms with Crippen LogP contribution in [0, 0.1) is 0 Å². The van der Waals surface area contributed by atoms with Crippen LogP contribution in [-0.4, -0.2) is 33.3 Å². The van der Waals surface area contributed by atoms with Gasteiger partial charge in [-0.1, -0.05) is 91.0 Å². The lowest BCUT2D eigenvalue weighted by molar-refractivity contribution is 0.00578. The summed E-state index contributed by atoms with van der Waals surface area (Å²) in [6.07, 6.45) is 0. The fraction of sp³-hybridized carbons (Fsp3) is 0.194. The molecular formula is C31H28BN3O2. The summed E-state index contributed by atoms with van der Waals surface area (Å²) in [5.74, 6) is 1.83. The van der Waals surface area contributed by atoms with Crippen molar-refractivity contribution in [1.82, 2.24) is 15.0 Å². The van der Waals surface area contributed by atoms with E-state index < -0.39 is 18.3 Å². The van der Waals surface area contributed by atoms with Crippen LogP contribution in [0.2, 0.25) is 0 Å². The van der Waals surface area contributed by atoms with Gasteiger partial charge in [0.25, 0.3) is 0 Å². The number of aromatic nitrogens is 3. The Hall–Kier alpha value is -3.87. The molecule has 1 aromatic heterocycles. The SMILES string of the molecule is CC1(C)OB(c2ccccc2-c2nc(-c3ccccc3)nc(-c3ccc4ccccc4c3)n2)OC1(C)C. The highest BCUT2D eigenvalue weighted by molar-refractivity contribution is 6.63. The van der Waals surface area contributed by atoms with E-state index in [2.05, 4.69) is 58.0 Å². The van der Waals surface area contributed by atoms with Crippen molar-refractivity contribution in [3.8, 4) is 34.2 Å². The van der Waals surface area contributed by atoms with Crippen molar-refractivity contribution in [2.24, 2.45) is 0 Å². The second-order valence-corrected chi connectivity index (χ2v) is 10.4. The van der Waals surface area contributed by atoms with E-state index in [4.69, 9.17) is 24.3 Å². The van der Waals surface area contributed by atoms with Crippen molar-refractivity contribution in [3.63, 3.8) is 0 Å². The zero-order valence-corrected chi connectivity index (χ0v) is 21.5. The molecule has 5 nitrogen and oxygen atoms in total. The minimum absolute atomic E-state index is 0.449. The van der Waals surface area contributed by atoms with Crippen LogP contribution in [0.5, 0.6) is 0 Å². The van der Waals surface area contributed by atoms with Crippen LogP contribution >= 0.6 is 0 Å². The number of benzene rings is 4. The van der Waals surface area contributed by atoms with E-state index in [1.807, 2.05) is 66.7 Å². The predicted octanol–water partition coefficient (Wildman–Crippen LogP) is 6.33. The first kappa shape index (κ1) is 23.5. The second kappa shape index (κ2) is 8.91. The highest BCUT2D eigenvalue weighted by atomic mass is 16.7. The topological polar surface area (TPSA) is 57.1 Å². The van der Waals surface area contributed by atoms with Gasteiger partial charge in [-0.3, -0.25) is 0 Å². The van der Waals surface area contributed by atoms with Gasteiger partial charge in [0.2, 0.25) is 0 Å². The van der Waals surface area contributed by atoms with Gasteiger partial charge in [-0.05, 0) is 50.0 Å². The highest BCUT2D eigenvalue weighted by Crippen LogP contribution is 2.37. The van der Waals surface area contributed by atoms with Gasteiger partial charge in [0.15, 0.2) is 17.5 Å². The van der Waals surface area contributed by atoms with Gasteiger partial charge >= 0.3 is 7.12 Å². The molecule has 1 saturated heterocycles. The van der Waals surface area contributed by atoms with E-state index in [1.54, 1.807) is 0 Å². The first-order valence-electron chi connectivity index (χ1n) is 12.6. The normalized spacial score (nSPS) is 16.3. The van der Waals surface area contributed by atoms with Crippen molar-refractivity contribution in [2.45, 2.75) is 38.9 Å². The Morgan fingerprint density at radius 3 is 1.84 bits per heavy atom. The standard InChI is InChI=1S/C31H28BN3O2/c1-30(2)31(3,4)37-32(36-30)26-17-11-10-16-25(26)29-34-27(22-13-6-5-7-14-22)33-28(35-29)24-19-18-21-12-8-9-15-23(21)20-24/h5-20H,1-4H3. The maximum absolute atomic E-state index is 6.40. The van der Waals surface area contributed by atoms with E-state index in [9.17, 15) is 0 Å². The lowest BCUT2D eigenvalue weighted by Crippen LogP contribution is -2.41. The van der Waals surface area contributed by atoms with Crippen LogP contribution in [0.15, 0.2) is 97.1 Å². The molecule has 0 spiro atoms. The number of rotatable bonds is 4. The Bertz CT molecular complexity index is 1590. The quantitative estimate of drug-likeness (QED) is 0.279. The Balaban J connectivity index is 1.52. The molecule has 0 radical (unpaired) electrons.